The lowest BCUT2D eigenvalue weighted by atomic mass is 10.1. The predicted octanol–water partition coefficient (Wildman–Crippen LogP) is 4.98. The van der Waals surface area contributed by atoms with Crippen LogP contribution in [0.15, 0.2) is 65.7 Å². The molecule has 0 saturated heterocycles. The number of hydrogen-bond acceptors (Lipinski definition) is 4. The zero-order valence-electron chi connectivity index (χ0n) is 15.1. The van der Waals surface area contributed by atoms with Crippen molar-refractivity contribution in [1.82, 2.24) is 19.1 Å². The molecule has 2 aromatic rings. The minimum absolute atomic E-state index is 0.00605. The van der Waals surface area contributed by atoms with Gasteiger partial charge in [-0.25, -0.2) is 9.97 Å². The van der Waals surface area contributed by atoms with E-state index < -0.39 is 17.3 Å². The lowest BCUT2D eigenvalue weighted by molar-refractivity contribution is -0.137. The van der Waals surface area contributed by atoms with Gasteiger partial charge in [0, 0.05) is 12.4 Å². The summed E-state index contributed by atoms with van der Waals surface area (Å²) in [4.78, 5) is 21.4. The molecule has 0 fully saturated rings. The zero-order chi connectivity index (χ0) is 21.5. The van der Waals surface area contributed by atoms with Gasteiger partial charge in [0.05, 0.1) is 23.4 Å². The first-order chi connectivity index (χ1) is 14.2. The van der Waals surface area contributed by atoms with Crippen LogP contribution in [0.4, 0.5) is 13.2 Å². The first kappa shape index (κ1) is 20.2. The molecule has 0 amide bonds. The summed E-state index contributed by atoms with van der Waals surface area (Å²) in [6, 6.07) is 11.1. The lowest BCUT2D eigenvalue weighted by Crippen LogP contribution is -2.25. The van der Waals surface area contributed by atoms with Crippen LogP contribution in [0.2, 0.25) is 5.15 Å². The first-order valence-electron chi connectivity index (χ1n) is 8.64. The van der Waals surface area contributed by atoms with Crippen LogP contribution < -0.4 is 5.56 Å². The smallest absolute Gasteiger partial charge is 0.328 e. The Labute approximate surface area is 178 Å². The molecule has 0 N–H and O–H groups in total. The molecule has 2 aliphatic heterocycles. The van der Waals surface area contributed by atoms with Crippen molar-refractivity contribution in [1.29, 1.82) is 0 Å². The predicted molar refractivity (Wildman–Crippen MR) is 109 cm³/mol. The Morgan fingerprint density at radius 3 is 2.60 bits per heavy atom. The molecule has 1 aromatic carbocycles. The van der Waals surface area contributed by atoms with Crippen LogP contribution in [-0.4, -0.2) is 19.1 Å². The second-order valence-electron chi connectivity index (χ2n) is 6.45. The fraction of sp³-hybridized carbons (Fsp3) is 0.100. The Balaban J connectivity index is 1.85. The number of alkyl halides is 3. The quantitative estimate of drug-likeness (QED) is 0.327. The fourth-order valence-electron chi connectivity index (χ4n) is 3.06. The van der Waals surface area contributed by atoms with E-state index in [1.165, 1.54) is 12.1 Å². The molecule has 4 rings (SSSR count). The highest BCUT2D eigenvalue weighted by Crippen LogP contribution is 2.30. The third kappa shape index (κ3) is 3.86. The molecule has 0 atom stereocenters. The number of hydrogen-bond donors (Lipinski definition) is 0. The minimum Gasteiger partial charge on any atom is -0.328 e. The maximum absolute atomic E-state index is 13.1. The van der Waals surface area contributed by atoms with Crippen LogP contribution in [-0.2, 0) is 12.7 Å². The van der Waals surface area contributed by atoms with Crippen LogP contribution in [0.25, 0.3) is 17.1 Å². The maximum atomic E-state index is 13.1. The number of pyridine rings is 2. The monoisotopic (exact) mass is 448 g/mol. The fourth-order valence-corrected chi connectivity index (χ4v) is 3.44. The molecule has 0 saturated carbocycles. The van der Waals surface area contributed by atoms with E-state index in [4.69, 9.17) is 23.8 Å². The van der Waals surface area contributed by atoms with Gasteiger partial charge < -0.3 is 4.57 Å². The average Bonchev–Trinajstić information content (AvgIpc) is 2.70. The van der Waals surface area contributed by atoms with E-state index in [0.717, 1.165) is 22.3 Å². The average molecular weight is 449 g/mol. The van der Waals surface area contributed by atoms with Gasteiger partial charge in [-0.05, 0) is 54.2 Å². The van der Waals surface area contributed by atoms with Crippen molar-refractivity contribution in [3.63, 3.8) is 0 Å². The van der Waals surface area contributed by atoms with Gasteiger partial charge >= 0.3 is 6.18 Å². The zero-order valence-corrected chi connectivity index (χ0v) is 16.7. The van der Waals surface area contributed by atoms with Crippen LogP contribution in [0.3, 0.4) is 0 Å². The van der Waals surface area contributed by atoms with Crippen molar-refractivity contribution in [2.75, 3.05) is 0 Å². The first-order valence-corrected chi connectivity index (χ1v) is 9.43. The summed E-state index contributed by atoms with van der Waals surface area (Å²) in [5.74, 6) is 0.325. The summed E-state index contributed by atoms with van der Waals surface area (Å²) >= 11 is 11.1. The molecule has 0 unspecified atom stereocenters. The topological polar surface area (TPSA) is 52.7 Å². The molecule has 0 bridgehead atoms. The van der Waals surface area contributed by atoms with Crippen LogP contribution >= 0.6 is 23.8 Å². The number of nitrogens with zero attached hydrogens (tertiary/aromatic N) is 4. The Morgan fingerprint density at radius 1 is 1.10 bits per heavy atom. The SMILES string of the molecule is O=c1c2cccn(Cc3ccc(Cl)nc3)c-2nc(=S)n1-c1cccc(C(F)(F)F)c1. The van der Waals surface area contributed by atoms with Crippen molar-refractivity contribution >= 4 is 23.8 Å². The molecule has 0 aliphatic carbocycles. The molecule has 3 heterocycles. The summed E-state index contributed by atoms with van der Waals surface area (Å²) in [7, 11) is 0. The van der Waals surface area contributed by atoms with Crippen molar-refractivity contribution in [3.05, 3.63) is 92.3 Å². The van der Waals surface area contributed by atoms with Gasteiger partial charge in [-0.1, -0.05) is 23.7 Å². The lowest BCUT2D eigenvalue weighted by Gasteiger charge is -2.16. The number of benzene rings is 1. The summed E-state index contributed by atoms with van der Waals surface area (Å²) in [6.07, 6.45) is -1.21. The molecule has 10 heteroatoms. The van der Waals surface area contributed by atoms with Gasteiger partial charge in [0.25, 0.3) is 5.56 Å². The normalized spacial score (nSPS) is 11.7. The van der Waals surface area contributed by atoms with Crippen molar-refractivity contribution < 1.29 is 13.2 Å². The standard InChI is InChI=1S/C20H12ClF3N4OS/c21-16-7-6-12(10-25-16)11-27-8-2-5-15-17(27)26-19(30)28(18(15)29)14-4-1-3-13(9-14)20(22,23)24/h1-10H,11H2. The molecule has 30 heavy (non-hydrogen) atoms. The van der Waals surface area contributed by atoms with Crippen molar-refractivity contribution in [2.45, 2.75) is 12.7 Å². The maximum Gasteiger partial charge on any atom is 0.416 e. The number of rotatable bonds is 3. The molecule has 5 nitrogen and oxygen atoms in total. The molecule has 2 aliphatic rings. The molecular weight excluding hydrogens is 437 g/mol. The molecule has 0 radical (unpaired) electrons. The number of aromatic nitrogens is 4. The Kier molecular flexibility index (Phi) is 5.17. The molecule has 1 aromatic heterocycles. The number of fused-ring (bicyclic) bond motifs is 1. The second kappa shape index (κ2) is 7.66. The highest BCUT2D eigenvalue weighted by molar-refractivity contribution is 7.71. The van der Waals surface area contributed by atoms with Crippen LogP contribution in [0, 0.1) is 4.77 Å². The van der Waals surface area contributed by atoms with Gasteiger partial charge in [-0.15, -0.1) is 0 Å². The van der Waals surface area contributed by atoms with E-state index in [1.807, 2.05) is 0 Å². The summed E-state index contributed by atoms with van der Waals surface area (Å²) in [5.41, 5.74) is -0.365. The molecular formula is C20H12ClF3N4OS. The van der Waals surface area contributed by atoms with Gasteiger partial charge in [-0.2, -0.15) is 13.2 Å². The van der Waals surface area contributed by atoms with E-state index in [9.17, 15) is 18.0 Å². The van der Waals surface area contributed by atoms with E-state index >= 15 is 0 Å². The van der Waals surface area contributed by atoms with Crippen LogP contribution in [0.1, 0.15) is 11.1 Å². The van der Waals surface area contributed by atoms with Crippen LogP contribution in [0.5, 0.6) is 0 Å². The second-order valence-corrected chi connectivity index (χ2v) is 7.20. The molecule has 0 spiro atoms. The highest BCUT2D eigenvalue weighted by atomic mass is 35.5. The summed E-state index contributed by atoms with van der Waals surface area (Å²) < 4.78 is 41.8. The van der Waals surface area contributed by atoms with E-state index in [0.29, 0.717) is 17.5 Å². The summed E-state index contributed by atoms with van der Waals surface area (Å²) in [5, 5.41) is 0.358. The van der Waals surface area contributed by atoms with Gasteiger partial charge in [0.1, 0.15) is 11.0 Å². The van der Waals surface area contributed by atoms with Gasteiger partial charge in [-0.3, -0.25) is 9.36 Å². The Bertz CT molecular complexity index is 1320. The van der Waals surface area contributed by atoms with Gasteiger partial charge in [0.15, 0.2) is 0 Å². The third-order valence-electron chi connectivity index (χ3n) is 4.44. The van der Waals surface area contributed by atoms with Crippen molar-refractivity contribution in [2.24, 2.45) is 0 Å². The third-order valence-corrected chi connectivity index (χ3v) is 4.94. The van der Waals surface area contributed by atoms with E-state index in [-0.39, 0.29) is 16.0 Å². The van der Waals surface area contributed by atoms with E-state index in [2.05, 4.69) is 9.97 Å². The Hall–Kier alpha value is -3.04. The highest BCUT2D eigenvalue weighted by Gasteiger charge is 2.30. The van der Waals surface area contributed by atoms with E-state index in [1.54, 1.807) is 41.2 Å². The minimum atomic E-state index is -4.54. The molecule has 152 valence electrons. The van der Waals surface area contributed by atoms with Gasteiger partial charge in [0.2, 0.25) is 4.77 Å². The summed E-state index contributed by atoms with van der Waals surface area (Å²) in [6.45, 7) is 0.357. The number of halogens is 4. The Morgan fingerprint density at radius 2 is 1.90 bits per heavy atom. The largest absolute Gasteiger partial charge is 0.416 e. The van der Waals surface area contributed by atoms with Crippen molar-refractivity contribution in [3.8, 4) is 17.1 Å².